The number of carbonyl (C=O) groups excluding carboxylic acids is 1. The molecule has 0 bridgehead atoms. The zero-order valence-electron chi connectivity index (χ0n) is 13.7. The number of hydrogen-bond acceptors (Lipinski definition) is 5. The van der Waals surface area contributed by atoms with Gasteiger partial charge in [-0.2, -0.15) is 5.21 Å². The molecule has 0 saturated heterocycles. The zero-order chi connectivity index (χ0) is 17.1. The van der Waals surface area contributed by atoms with Gasteiger partial charge >= 0.3 is 0 Å². The second-order valence-electron chi connectivity index (χ2n) is 5.40. The number of aromatic amines is 1. The summed E-state index contributed by atoms with van der Waals surface area (Å²) in [5.41, 5.74) is 3.38. The van der Waals surface area contributed by atoms with Crippen LogP contribution in [0, 0.1) is 13.8 Å². The number of nitrogens with zero attached hydrogens (tertiary/aromatic N) is 4. The lowest BCUT2D eigenvalue weighted by atomic mass is 10.1. The van der Waals surface area contributed by atoms with Crippen LogP contribution in [0.1, 0.15) is 11.4 Å². The summed E-state index contributed by atoms with van der Waals surface area (Å²) in [4.78, 5) is 12.3. The number of carbonyl (C=O) groups is 1. The van der Waals surface area contributed by atoms with Crippen LogP contribution in [0.2, 0.25) is 0 Å². The third kappa shape index (κ3) is 3.12. The number of rotatable bonds is 5. The topological polar surface area (TPSA) is 97.7 Å². The van der Waals surface area contributed by atoms with Gasteiger partial charge in [-0.3, -0.25) is 4.79 Å². The van der Waals surface area contributed by atoms with Crippen molar-refractivity contribution in [3.63, 3.8) is 0 Å². The van der Waals surface area contributed by atoms with Gasteiger partial charge in [-0.05, 0) is 49.4 Å². The Bertz CT molecular complexity index is 834. The predicted octanol–water partition coefficient (Wildman–Crippen LogP) is 1.93. The lowest BCUT2D eigenvalue weighted by Crippen LogP contribution is -2.20. The maximum Gasteiger partial charge on any atom is 0.244 e. The van der Waals surface area contributed by atoms with Crippen LogP contribution < -0.4 is 10.1 Å². The largest absolute Gasteiger partial charge is 0.496 e. The molecule has 3 aromatic rings. The molecule has 0 radical (unpaired) electrons. The highest BCUT2D eigenvalue weighted by atomic mass is 16.5. The molecule has 2 heterocycles. The van der Waals surface area contributed by atoms with Gasteiger partial charge in [0.15, 0.2) is 0 Å². The average Bonchev–Trinajstić information content (AvgIpc) is 3.20. The number of aryl methyl sites for hydroxylation is 2. The monoisotopic (exact) mass is 326 g/mol. The maximum absolute atomic E-state index is 12.3. The van der Waals surface area contributed by atoms with Crippen LogP contribution in [-0.2, 0) is 11.3 Å². The van der Waals surface area contributed by atoms with E-state index in [1.54, 1.807) is 25.3 Å². The van der Waals surface area contributed by atoms with Gasteiger partial charge in [0.2, 0.25) is 11.7 Å². The number of hydrogen-bond donors (Lipinski definition) is 2. The minimum Gasteiger partial charge on any atom is -0.496 e. The number of tetrazole rings is 1. The Morgan fingerprint density at radius 3 is 2.62 bits per heavy atom. The van der Waals surface area contributed by atoms with Crippen molar-refractivity contribution in [1.82, 2.24) is 25.2 Å². The van der Waals surface area contributed by atoms with Crippen LogP contribution in [0.5, 0.6) is 5.75 Å². The molecule has 1 amide bonds. The molecule has 3 rings (SSSR count). The van der Waals surface area contributed by atoms with E-state index in [4.69, 9.17) is 4.74 Å². The minimum atomic E-state index is -0.110. The fraction of sp³-hybridized carbons (Fsp3) is 0.250. The normalized spacial score (nSPS) is 10.6. The smallest absolute Gasteiger partial charge is 0.244 e. The van der Waals surface area contributed by atoms with Gasteiger partial charge < -0.3 is 14.6 Å². The molecule has 0 unspecified atom stereocenters. The summed E-state index contributed by atoms with van der Waals surface area (Å²) in [6.45, 7) is 4.21. The van der Waals surface area contributed by atoms with E-state index in [0.717, 1.165) is 11.4 Å². The van der Waals surface area contributed by atoms with Crippen molar-refractivity contribution in [1.29, 1.82) is 0 Å². The fourth-order valence-electron chi connectivity index (χ4n) is 2.53. The van der Waals surface area contributed by atoms with Gasteiger partial charge in [-0.15, -0.1) is 10.2 Å². The van der Waals surface area contributed by atoms with E-state index in [1.165, 1.54) is 0 Å². The highest BCUT2D eigenvalue weighted by Gasteiger charge is 2.13. The third-order valence-corrected chi connectivity index (χ3v) is 3.79. The number of anilines is 1. The number of H-pyrrole nitrogens is 1. The number of aromatic nitrogens is 5. The first kappa shape index (κ1) is 15.7. The van der Waals surface area contributed by atoms with Crippen LogP contribution in [0.3, 0.4) is 0 Å². The molecule has 8 nitrogen and oxygen atoms in total. The lowest BCUT2D eigenvalue weighted by molar-refractivity contribution is -0.116. The Labute approximate surface area is 138 Å². The molecule has 0 atom stereocenters. The van der Waals surface area contributed by atoms with E-state index in [1.807, 2.05) is 30.5 Å². The number of nitrogens with one attached hydrogen (secondary N) is 2. The van der Waals surface area contributed by atoms with Crippen LogP contribution in [0.4, 0.5) is 5.69 Å². The highest BCUT2D eigenvalue weighted by Crippen LogP contribution is 2.29. The second-order valence-corrected chi connectivity index (χ2v) is 5.40. The second kappa shape index (κ2) is 6.53. The van der Waals surface area contributed by atoms with E-state index < -0.39 is 0 Å². The Morgan fingerprint density at radius 2 is 2.00 bits per heavy atom. The SMILES string of the molecule is COc1ccc(NC(=O)Cn2c(C)ccc2C)cc1-c1nn[nH]n1. The van der Waals surface area contributed by atoms with Crippen molar-refractivity contribution < 1.29 is 9.53 Å². The molecule has 1 aromatic carbocycles. The molecule has 2 aromatic heterocycles. The van der Waals surface area contributed by atoms with Gasteiger partial charge in [0.1, 0.15) is 12.3 Å². The van der Waals surface area contributed by atoms with E-state index in [0.29, 0.717) is 22.8 Å². The molecule has 24 heavy (non-hydrogen) atoms. The van der Waals surface area contributed by atoms with Gasteiger partial charge in [-0.1, -0.05) is 0 Å². The van der Waals surface area contributed by atoms with Crippen molar-refractivity contribution in [2.75, 3.05) is 12.4 Å². The van der Waals surface area contributed by atoms with E-state index in [-0.39, 0.29) is 12.5 Å². The van der Waals surface area contributed by atoms with Crippen molar-refractivity contribution in [2.45, 2.75) is 20.4 Å². The number of amides is 1. The maximum atomic E-state index is 12.3. The average molecular weight is 326 g/mol. The lowest BCUT2D eigenvalue weighted by Gasteiger charge is -2.12. The van der Waals surface area contributed by atoms with E-state index >= 15 is 0 Å². The molecular weight excluding hydrogens is 308 g/mol. The highest BCUT2D eigenvalue weighted by molar-refractivity contribution is 5.91. The zero-order valence-corrected chi connectivity index (χ0v) is 13.7. The Balaban J connectivity index is 1.80. The van der Waals surface area contributed by atoms with Crippen molar-refractivity contribution in [3.05, 3.63) is 41.7 Å². The fourth-order valence-corrected chi connectivity index (χ4v) is 2.53. The summed E-state index contributed by atoms with van der Waals surface area (Å²) in [6.07, 6.45) is 0. The minimum absolute atomic E-state index is 0.110. The molecule has 8 heteroatoms. The quantitative estimate of drug-likeness (QED) is 0.746. The van der Waals surface area contributed by atoms with Crippen molar-refractivity contribution in [3.8, 4) is 17.1 Å². The molecule has 124 valence electrons. The molecule has 0 aliphatic heterocycles. The predicted molar refractivity (Wildman–Crippen MR) is 88.7 cm³/mol. The Kier molecular flexibility index (Phi) is 4.28. The first-order chi connectivity index (χ1) is 11.6. The molecule has 2 N–H and O–H groups in total. The molecule has 0 aliphatic carbocycles. The summed E-state index contributed by atoms with van der Waals surface area (Å²) in [5.74, 6) is 0.896. The summed E-state index contributed by atoms with van der Waals surface area (Å²) in [7, 11) is 1.56. The Hall–Kier alpha value is -3.16. The summed E-state index contributed by atoms with van der Waals surface area (Å²) in [6, 6.07) is 9.27. The molecular formula is C16H18N6O2. The summed E-state index contributed by atoms with van der Waals surface area (Å²) >= 11 is 0. The number of benzene rings is 1. The van der Waals surface area contributed by atoms with Gasteiger partial charge in [0, 0.05) is 17.1 Å². The molecule has 0 saturated carbocycles. The summed E-state index contributed by atoms with van der Waals surface area (Å²) < 4.78 is 7.26. The number of ether oxygens (including phenoxy) is 1. The molecule has 0 fully saturated rings. The van der Waals surface area contributed by atoms with Crippen LogP contribution in [0.15, 0.2) is 30.3 Å². The first-order valence-electron chi connectivity index (χ1n) is 7.43. The summed E-state index contributed by atoms with van der Waals surface area (Å²) in [5, 5.41) is 16.8. The number of methoxy groups -OCH3 is 1. The van der Waals surface area contributed by atoms with Crippen molar-refractivity contribution >= 4 is 11.6 Å². The van der Waals surface area contributed by atoms with Crippen molar-refractivity contribution in [2.24, 2.45) is 0 Å². The standard InChI is InChI=1S/C16H18N6O2/c1-10-4-5-11(2)22(10)9-15(23)17-12-6-7-14(24-3)13(8-12)16-18-20-21-19-16/h4-8H,9H2,1-3H3,(H,17,23)(H,18,19,20,21). The first-order valence-corrected chi connectivity index (χ1v) is 7.43. The van der Waals surface area contributed by atoms with E-state index in [2.05, 4.69) is 25.9 Å². The van der Waals surface area contributed by atoms with Crippen LogP contribution >= 0.6 is 0 Å². The van der Waals surface area contributed by atoms with Gasteiger partial charge in [0.25, 0.3) is 0 Å². The molecule has 0 spiro atoms. The van der Waals surface area contributed by atoms with Gasteiger partial charge in [-0.25, -0.2) is 0 Å². The third-order valence-electron chi connectivity index (χ3n) is 3.79. The van der Waals surface area contributed by atoms with E-state index in [9.17, 15) is 4.79 Å². The molecule has 0 aliphatic rings. The Morgan fingerprint density at radius 1 is 1.25 bits per heavy atom. The van der Waals surface area contributed by atoms with Gasteiger partial charge in [0.05, 0.1) is 12.7 Å². The van der Waals surface area contributed by atoms with Crippen LogP contribution in [-0.4, -0.2) is 38.2 Å². The van der Waals surface area contributed by atoms with Crippen LogP contribution in [0.25, 0.3) is 11.4 Å².